The molecule has 0 aliphatic heterocycles. The highest BCUT2D eigenvalue weighted by Gasteiger charge is 2.17. The SMILES string of the molecule is CCOCCCNC(=O)c1nc(Cn2c(=O)oc3ccc(C)cc32)no1. The predicted octanol–water partition coefficient (Wildman–Crippen LogP) is 1.49. The van der Waals surface area contributed by atoms with Crippen LogP contribution in [0.25, 0.3) is 11.1 Å². The molecule has 1 amide bonds. The lowest BCUT2D eigenvalue weighted by molar-refractivity contribution is 0.0901. The molecule has 2 aromatic heterocycles. The Morgan fingerprint density at radius 3 is 3.04 bits per heavy atom. The molecule has 0 aliphatic rings. The van der Waals surface area contributed by atoms with Crippen molar-refractivity contribution < 1.29 is 18.5 Å². The minimum absolute atomic E-state index is 0.0520. The van der Waals surface area contributed by atoms with Crippen molar-refractivity contribution in [1.29, 1.82) is 0 Å². The maximum Gasteiger partial charge on any atom is 0.420 e. The van der Waals surface area contributed by atoms with Crippen molar-refractivity contribution in [3.8, 4) is 0 Å². The van der Waals surface area contributed by atoms with Gasteiger partial charge in [0.2, 0.25) is 0 Å². The highest BCUT2D eigenvalue weighted by atomic mass is 16.5. The molecule has 0 aliphatic carbocycles. The average molecular weight is 360 g/mol. The first-order valence-corrected chi connectivity index (χ1v) is 8.37. The summed E-state index contributed by atoms with van der Waals surface area (Å²) < 4.78 is 16.8. The normalized spacial score (nSPS) is 11.2. The van der Waals surface area contributed by atoms with Crippen molar-refractivity contribution in [2.24, 2.45) is 0 Å². The van der Waals surface area contributed by atoms with Gasteiger partial charge in [0.05, 0.1) is 12.1 Å². The summed E-state index contributed by atoms with van der Waals surface area (Å²) in [6, 6.07) is 5.43. The molecule has 0 unspecified atom stereocenters. The Morgan fingerprint density at radius 1 is 1.38 bits per heavy atom. The molecule has 0 bridgehead atoms. The number of ether oxygens (including phenoxy) is 1. The van der Waals surface area contributed by atoms with E-state index in [1.807, 2.05) is 26.0 Å². The summed E-state index contributed by atoms with van der Waals surface area (Å²) in [5.74, 6) is -0.901. The Labute approximate surface area is 148 Å². The van der Waals surface area contributed by atoms with Crippen LogP contribution < -0.4 is 11.1 Å². The van der Waals surface area contributed by atoms with Crippen LogP contribution in [0.3, 0.4) is 0 Å². The third-order valence-corrected chi connectivity index (χ3v) is 3.74. The molecule has 1 N–H and O–H groups in total. The number of rotatable bonds is 8. The number of aryl methyl sites for hydroxylation is 1. The molecule has 9 nitrogen and oxygen atoms in total. The van der Waals surface area contributed by atoms with Crippen LogP contribution >= 0.6 is 0 Å². The van der Waals surface area contributed by atoms with E-state index in [0.29, 0.717) is 37.3 Å². The lowest BCUT2D eigenvalue weighted by Crippen LogP contribution is -2.25. The Hall–Kier alpha value is -2.94. The van der Waals surface area contributed by atoms with Crippen molar-refractivity contribution >= 4 is 17.0 Å². The summed E-state index contributed by atoms with van der Waals surface area (Å²) in [7, 11) is 0. The van der Waals surface area contributed by atoms with E-state index in [1.165, 1.54) is 4.57 Å². The van der Waals surface area contributed by atoms with Gasteiger partial charge in [0.15, 0.2) is 11.4 Å². The van der Waals surface area contributed by atoms with Crippen LogP contribution in [0, 0.1) is 6.92 Å². The molecule has 1 aromatic carbocycles. The highest BCUT2D eigenvalue weighted by Crippen LogP contribution is 2.15. The number of nitrogens with zero attached hydrogens (tertiary/aromatic N) is 3. The maximum absolute atomic E-state index is 12.0. The number of carbonyl (C=O) groups is 1. The largest absolute Gasteiger partial charge is 0.420 e. The molecule has 3 aromatic rings. The van der Waals surface area contributed by atoms with Crippen LogP contribution in [0.1, 0.15) is 35.4 Å². The van der Waals surface area contributed by atoms with Crippen LogP contribution in [0.15, 0.2) is 31.9 Å². The second-order valence-electron chi connectivity index (χ2n) is 5.75. The number of hydrogen-bond acceptors (Lipinski definition) is 7. The van der Waals surface area contributed by atoms with Gasteiger partial charge in [0, 0.05) is 19.8 Å². The first-order chi connectivity index (χ1) is 12.6. The van der Waals surface area contributed by atoms with E-state index in [9.17, 15) is 9.59 Å². The van der Waals surface area contributed by atoms with Gasteiger partial charge in [0.25, 0.3) is 0 Å². The van der Waals surface area contributed by atoms with Gasteiger partial charge in [-0.05, 0) is 38.0 Å². The third-order valence-electron chi connectivity index (χ3n) is 3.74. The van der Waals surface area contributed by atoms with Crippen LogP contribution in [0.2, 0.25) is 0 Å². The van der Waals surface area contributed by atoms with E-state index in [0.717, 1.165) is 5.56 Å². The molecule has 26 heavy (non-hydrogen) atoms. The molecule has 0 saturated carbocycles. The van der Waals surface area contributed by atoms with Crippen LogP contribution in [0.5, 0.6) is 0 Å². The first kappa shape index (κ1) is 17.9. The summed E-state index contributed by atoms with van der Waals surface area (Å²) in [5.41, 5.74) is 2.12. The lowest BCUT2D eigenvalue weighted by Gasteiger charge is -2.02. The van der Waals surface area contributed by atoms with E-state index >= 15 is 0 Å². The van der Waals surface area contributed by atoms with Crippen molar-refractivity contribution in [2.75, 3.05) is 19.8 Å². The summed E-state index contributed by atoms with van der Waals surface area (Å²) in [6.07, 6.45) is 0.691. The topological polar surface area (TPSA) is 112 Å². The number of benzene rings is 1. The number of hydrogen-bond donors (Lipinski definition) is 1. The molecule has 0 radical (unpaired) electrons. The van der Waals surface area contributed by atoms with Crippen LogP contribution in [-0.4, -0.2) is 40.4 Å². The number of aromatic nitrogens is 3. The van der Waals surface area contributed by atoms with Gasteiger partial charge in [-0.3, -0.25) is 9.36 Å². The van der Waals surface area contributed by atoms with Crippen LogP contribution in [-0.2, 0) is 11.3 Å². The molecule has 0 atom stereocenters. The summed E-state index contributed by atoms with van der Waals surface area (Å²) >= 11 is 0. The second kappa shape index (κ2) is 7.96. The smallest absolute Gasteiger partial charge is 0.408 e. The molecular weight excluding hydrogens is 340 g/mol. The summed E-state index contributed by atoms with van der Waals surface area (Å²) in [5, 5.41) is 6.44. The van der Waals surface area contributed by atoms with Gasteiger partial charge >= 0.3 is 17.6 Å². The number of carbonyl (C=O) groups excluding carboxylic acids is 1. The van der Waals surface area contributed by atoms with Crippen LogP contribution in [0.4, 0.5) is 0 Å². The fourth-order valence-corrected chi connectivity index (χ4v) is 2.47. The summed E-state index contributed by atoms with van der Waals surface area (Å²) in [4.78, 5) is 28.1. The van der Waals surface area contributed by atoms with Gasteiger partial charge in [-0.25, -0.2) is 4.79 Å². The molecule has 0 saturated heterocycles. The third kappa shape index (κ3) is 3.99. The lowest BCUT2D eigenvalue weighted by atomic mass is 10.2. The Balaban J connectivity index is 1.67. The Bertz CT molecular complexity index is 956. The molecule has 9 heteroatoms. The molecule has 138 valence electrons. The zero-order valence-corrected chi connectivity index (χ0v) is 14.7. The van der Waals surface area contributed by atoms with Crippen molar-refractivity contribution in [3.05, 3.63) is 46.0 Å². The Morgan fingerprint density at radius 2 is 2.23 bits per heavy atom. The van der Waals surface area contributed by atoms with Gasteiger partial charge in [-0.2, -0.15) is 4.98 Å². The zero-order valence-electron chi connectivity index (χ0n) is 14.7. The molecule has 0 fully saturated rings. The minimum Gasteiger partial charge on any atom is -0.408 e. The van der Waals surface area contributed by atoms with E-state index in [1.54, 1.807) is 6.07 Å². The monoisotopic (exact) mass is 360 g/mol. The number of fused-ring (bicyclic) bond motifs is 1. The number of nitrogens with one attached hydrogen (secondary N) is 1. The van der Waals surface area contributed by atoms with Gasteiger partial charge in [-0.1, -0.05) is 11.2 Å². The number of amides is 1. The first-order valence-electron chi connectivity index (χ1n) is 8.37. The molecule has 0 spiro atoms. The zero-order chi connectivity index (χ0) is 18.5. The second-order valence-corrected chi connectivity index (χ2v) is 5.75. The molecule has 2 heterocycles. The number of oxazole rings is 1. The minimum atomic E-state index is -0.516. The predicted molar refractivity (Wildman–Crippen MR) is 92.1 cm³/mol. The fraction of sp³-hybridized carbons (Fsp3) is 0.412. The standard InChI is InChI=1S/C17H20N4O5/c1-3-24-8-4-7-18-15(22)16-19-14(20-26-16)10-21-12-9-11(2)5-6-13(12)25-17(21)23/h5-6,9H,3-4,7-8,10H2,1-2H3,(H,18,22). The highest BCUT2D eigenvalue weighted by molar-refractivity contribution is 5.89. The van der Waals surface area contributed by atoms with E-state index < -0.39 is 11.7 Å². The van der Waals surface area contributed by atoms with Gasteiger partial charge in [-0.15, -0.1) is 0 Å². The summed E-state index contributed by atoms with van der Waals surface area (Å²) in [6.45, 7) is 5.54. The quantitative estimate of drug-likeness (QED) is 0.606. The molecular formula is C17H20N4O5. The Kier molecular flexibility index (Phi) is 5.47. The fourth-order valence-electron chi connectivity index (χ4n) is 2.47. The van der Waals surface area contributed by atoms with E-state index in [-0.39, 0.29) is 18.3 Å². The van der Waals surface area contributed by atoms with Gasteiger partial charge < -0.3 is 19.0 Å². The van der Waals surface area contributed by atoms with Crippen molar-refractivity contribution in [3.63, 3.8) is 0 Å². The molecule has 3 rings (SSSR count). The maximum atomic E-state index is 12.0. The van der Waals surface area contributed by atoms with Gasteiger partial charge in [0.1, 0.15) is 0 Å². The van der Waals surface area contributed by atoms with E-state index in [4.69, 9.17) is 13.7 Å². The average Bonchev–Trinajstić information content (AvgIpc) is 3.20. The van der Waals surface area contributed by atoms with Crippen molar-refractivity contribution in [1.82, 2.24) is 20.0 Å². The van der Waals surface area contributed by atoms with E-state index in [2.05, 4.69) is 15.5 Å². The van der Waals surface area contributed by atoms with Crippen molar-refractivity contribution in [2.45, 2.75) is 26.8 Å².